The van der Waals surface area contributed by atoms with E-state index < -0.39 is 0 Å². The van der Waals surface area contributed by atoms with Crippen molar-refractivity contribution in [2.24, 2.45) is 0 Å². The van der Waals surface area contributed by atoms with Crippen LogP contribution >= 0.6 is 0 Å². The second-order valence-electron chi connectivity index (χ2n) is 8.89. The molecule has 3 heterocycles. The monoisotopic (exact) mass is 338 g/mol. The molecular formula is C19H38N4O. The Morgan fingerprint density at radius 3 is 2.17 bits per heavy atom. The standard InChI is InChI=1S/C19H38N4O/c1-17(21-11-13-24-14-12-21)5-6-20-7-9-22(10-8-20)18-15-23(16-18)19(2,3)4/h17-18H,5-16H2,1-4H3. The number of ether oxygens (including phenoxy) is 1. The summed E-state index contributed by atoms with van der Waals surface area (Å²) in [6.45, 7) is 22.2. The summed E-state index contributed by atoms with van der Waals surface area (Å²) in [7, 11) is 0. The predicted octanol–water partition coefficient (Wildman–Crippen LogP) is 1.20. The number of likely N-dealkylation sites (tertiary alicyclic amines) is 1. The van der Waals surface area contributed by atoms with Gasteiger partial charge in [-0.3, -0.25) is 14.7 Å². The second kappa shape index (κ2) is 8.00. The summed E-state index contributed by atoms with van der Waals surface area (Å²) in [5.74, 6) is 0. The van der Waals surface area contributed by atoms with Crippen LogP contribution in [0.2, 0.25) is 0 Å². The molecule has 3 aliphatic rings. The molecule has 24 heavy (non-hydrogen) atoms. The van der Waals surface area contributed by atoms with Gasteiger partial charge in [0.25, 0.3) is 0 Å². The van der Waals surface area contributed by atoms with E-state index in [9.17, 15) is 0 Å². The van der Waals surface area contributed by atoms with Gasteiger partial charge in [0.1, 0.15) is 0 Å². The molecule has 140 valence electrons. The summed E-state index contributed by atoms with van der Waals surface area (Å²) in [5, 5.41) is 0. The van der Waals surface area contributed by atoms with Gasteiger partial charge in [-0.2, -0.15) is 0 Å². The van der Waals surface area contributed by atoms with Gasteiger partial charge >= 0.3 is 0 Å². The Labute approximate surface area is 148 Å². The smallest absolute Gasteiger partial charge is 0.0594 e. The molecule has 1 unspecified atom stereocenters. The van der Waals surface area contributed by atoms with Crippen LogP contribution in [0.4, 0.5) is 0 Å². The van der Waals surface area contributed by atoms with Crippen LogP contribution in [0.15, 0.2) is 0 Å². The Morgan fingerprint density at radius 1 is 0.958 bits per heavy atom. The SMILES string of the molecule is CC(CCN1CCN(C2CN(C(C)(C)C)C2)CC1)N1CCOCC1. The zero-order valence-corrected chi connectivity index (χ0v) is 16.3. The quantitative estimate of drug-likeness (QED) is 0.749. The van der Waals surface area contributed by atoms with Crippen LogP contribution in [0.3, 0.4) is 0 Å². The van der Waals surface area contributed by atoms with Crippen LogP contribution in [-0.4, -0.2) is 109 Å². The van der Waals surface area contributed by atoms with E-state index in [-0.39, 0.29) is 0 Å². The molecule has 0 N–H and O–H groups in total. The maximum atomic E-state index is 5.46. The van der Waals surface area contributed by atoms with Gasteiger partial charge in [0.2, 0.25) is 0 Å². The van der Waals surface area contributed by atoms with Crippen molar-refractivity contribution in [1.29, 1.82) is 0 Å². The van der Waals surface area contributed by atoms with E-state index in [1.165, 1.54) is 52.2 Å². The van der Waals surface area contributed by atoms with Crippen molar-refractivity contribution in [2.45, 2.75) is 51.7 Å². The highest BCUT2D eigenvalue weighted by molar-refractivity contribution is 4.95. The van der Waals surface area contributed by atoms with Crippen LogP contribution in [0, 0.1) is 0 Å². The lowest BCUT2D eigenvalue weighted by Crippen LogP contribution is -2.66. The van der Waals surface area contributed by atoms with Gasteiger partial charge in [-0.05, 0) is 40.7 Å². The fourth-order valence-electron chi connectivity index (χ4n) is 4.16. The number of piperazine rings is 1. The first-order valence-electron chi connectivity index (χ1n) is 9.97. The van der Waals surface area contributed by atoms with Gasteiger partial charge in [0.15, 0.2) is 0 Å². The molecule has 3 aliphatic heterocycles. The third kappa shape index (κ3) is 4.70. The molecule has 0 aliphatic carbocycles. The van der Waals surface area contributed by atoms with E-state index in [4.69, 9.17) is 4.74 Å². The molecule has 0 aromatic carbocycles. The molecule has 1 atom stereocenters. The lowest BCUT2D eigenvalue weighted by atomic mass is 9.96. The van der Waals surface area contributed by atoms with Crippen LogP contribution in [-0.2, 0) is 4.74 Å². The largest absolute Gasteiger partial charge is 0.379 e. The van der Waals surface area contributed by atoms with E-state index in [1.54, 1.807) is 0 Å². The second-order valence-corrected chi connectivity index (χ2v) is 8.89. The van der Waals surface area contributed by atoms with Crippen molar-refractivity contribution >= 4 is 0 Å². The maximum Gasteiger partial charge on any atom is 0.0594 e. The maximum absolute atomic E-state index is 5.46. The Morgan fingerprint density at radius 2 is 1.58 bits per heavy atom. The summed E-state index contributed by atoms with van der Waals surface area (Å²) in [6, 6.07) is 1.50. The first-order valence-corrected chi connectivity index (χ1v) is 9.97. The minimum absolute atomic E-state index is 0.341. The van der Waals surface area contributed by atoms with E-state index in [1.807, 2.05) is 0 Å². The van der Waals surface area contributed by atoms with E-state index in [0.717, 1.165) is 32.3 Å². The van der Waals surface area contributed by atoms with Crippen molar-refractivity contribution in [1.82, 2.24) is 19.6 Å². The van der Waals surface area contributed by atoms with E-state index >= 15 is 0 Å². The van der Waals surface area contributed by atoms with E-state index in [0.29, 0.717) is 11.6 Å². The molecule has 0 aromatic heterocycles. The number of nitrogens with zero attached hydrogens (tertiary/aromatic N) is 4. The topological polar surface area (TPSA) is 22.2 Å². The summed E-state index contributed by atoms with van der Waals surface area (Å²) >= 11 is 0. The zero-order chi connectivity index (χ0) is 17.2. The molecule has 0 amide bonds. The molecule has 3 rings (SSSR count). The zero-order valence-electron chi connectivity index (χ0n) is 16.3. The van der Waals surface area contributed by atoms with Crippen molar-refractivity contribution in [2.75, 3.05) is 72.1 Å². The molecule has 3 saturated heterocycles. The normalized spacial score (nSPS) is 28.0. The third-order valence-electron chi connectivity index (χ3n) is 6.27. The van der Waals surface area contributed by atoms with Crippen LogP contribution < -0.4 is 0 Å². The summed E-state index contributed by atoms with van der Waals surface area (Å²) in [6.07, 6.45) is 1.29. The number of rotatable bonds is 5. The first kappa shape index (κ1) is 18.6. The molecule has 0 radical (unpaired) electrons. The van der Waals surface area contributed by atoms with Gasteiger partial charge < -0.3 is 9.64 Å². The van der Waals surface area contributed by atoms with E-state index in [2.05, 4.69) is 47.3 Å². The number of morpholine rings is 1. The van der Waals surface area contributed by atoms with Gasteiger partial charge in [-0.15, -0.1) is 0 Å². The molecule has 5 nitrogen and oxygen atoms in total. The molecule has 0 saturated carbocycles. The summed E-state index contributed by atoms with van der Waals surface area (Å²) < 4.78 is 5.46. The highest BCUT2D eigenvalue weighted by Gasteiger charge is 2.38. The third-order valence-corrected chi connectivity index (χ3v) is 6.27. The van der Waals surface area contributed by atoms with Crippen LogP contribution in [0.25, 0.3) is 0 Å². The molecule has 0 bridgehead atoms. The molecule has 3 fully saturated rings. The van der Waals surface area contributed by atoms with Gasteiger partial charge in [-0.25, -0.2) is 0 Å². The van der Waals surface area contributed by atoms with Gasteiger partial charge in [0, 0.05) is 70.0 Å². The number of hydrogen-bond acceptors (Lipinski definition) is 5. The van der Waals surface area contributed by atoms with Crippen molar-refractivity contribution in [3.05, 3.63) is 0 Å². The fourth-order valence-corrected chi connectivity index (χ4v) is 4.16. The highest BCUT2D eigenvalue weighted by atomic mass is 16.5. The lowest BCUT2D eigenvalue weighted by molar-refractivity contribution is -0.0386. The molecule has 5 heteroatoms. The van der Waals surface area contributed by atoms with Crippen molar-refractivity contribution in [3.8, 4) is 0 Å². The predicted molar refractivity (Wildman–Crippen MR) is 99.6 cm³/mol. The molecular weight excluding hydrogens is 300 g/mol. The Balaban J connectivity index is 1.31. The first-order chi connectivity index (χ1) is 11.4. The average Bonchev–Trinajstić information content (AvgIpc) is 2.52. The fraction of sp³-hybridized carbons (Fsp3) is 1.00. The number of hydrogen-bond donors (Lipinski definition) is 0. The van der Waals surface area contributed by atoms with Gasteiger partial charge in [0.05, 0.1) is 13.2 Å². The Bertz CT molecular complexity index is 377. The van der Waals surface area contributed by atoms with Gasteiger partial charge in [-0.1, -0.05) is 0 Å². The average molecular weight is 339 g/mol. The summed E-state index contributed by atoms with van der Waals surface area (Å²) in [4.78, 5) is 10.6. The summed E-state index contributed by atoms with van der Waals surface area (Å²) in [5.41, 5.74) is 0.341. The van der Waals surface area contributed by atoms with Crippen LogP contribution in [0.1, 0.15) is 34.1 Å². The molecule has 0 spiro atoms. The Hall–Kier alpha value is -0.200. The minimum atomic E-state index is 0.341. The minimum Gasteiger partial charge on any atom is -0.379 e. The Kier molecular flexibility index (Phi) is 6.20. The lowest BCUT2D eigenvalue weighted by Gasteiger charge is -2.53. The highest BCUT2D eigenvalue weighted by Crippen LogP contribution is 2.25. The van der Waals surface area contributed by atoms with Crippen molar-refractivity contribution < 1.29 is 4.74 Å². The van der Waals surface area contributed by atoms with Crippen LogP contribution in [0.5, 0.6) is 0 Å². The van der Waals surface area contributed by atoms with Crippen molar-refractivity contribution in [3.63, 3.8) is 0 Å². The molecule has 0 aromatic rings.